The van der Waals surface area contributed by atoms with E-state index in [1.54, 1.807) is 7.11 Å². The Bertz CT molecular complexity index is 689. The molecule has 0 heterocycles. The molecule has 0 aromatic heterocycles. The van der Waals surface area contributed by atoms with Crippen LogP contribution in [-0.4, -0.2) is 18.7 Å². The van der Waals surface area contributed by atoms with Crippen LogP contribution in [0.3, 0.4) is 0 Å². The molecule has 0 aliphatic heterocycles. The van der Waals surface area contributed by atoms with Crippen molar-refractivity contribution in [2.24, 2.45) is 5.10 Å². The first-order valence-electron chi connectivity index (χ1n) is 7.36. The van der Waals surface area contributed by atoms with E-state index in [0.717, 1.165) is 22.6 Å². The Hall–Kier alpha value is -2.88. The molecule has 2 aromatic rings. The van der Waals surface area contributed by atoms with Gasteiger partial charge in [-0.25, -0.2) is 5.43 Å². The first kappa shape index (κ1) is 16.5. The van der Waals surface area contributed by atoms with Crippen molar-refractivity contribution in [3.05, 3.63) is 71.8 Å². The van der Waals surface area contributed by atoms with E-state index in [2.05, 4.69) is 10.5 Å². The lowest BCUT2D eigenvalue weighted by molar-refractivity contribution is -0.120. The smallest absolute Gasteiger partial charge is 0.244 e. The van der Waals surface area contributed by atoms with Crippen molar-refractivity contribution in [3.63, 3.8) is 0 Å². The number of nitrogens with zero attached hydrogens (tertiary/aromatic N) is 1. The molecule has 0 bridgehead atoms. The van der Waals surface area contributed by atoms with Gasteiger partial charge >= 0.3 is 0 Å². The van der Waals surface area contributed by atoms with Gasteiger partial charge in [-0.3, -0.25) is 4.79 Å². The fourth-order valence-corrected chi connectivity index (χ4v) is 1.94. The molecule has 0 spiro atoms. The molecule has 4 nitrogen and oxygen atoms in total. The summed E-state index contributed by atoms with van der Waals surface area (Å²) in [5.74, 6) is 0.622. The minimum atomic E-state index is -0.150. The number of methoxy groups -OCH3 is 1. The second kappa shape index (κ2) is 8.54. The van der Waals surface area contributed by atoms with Gasteiger partial charge in [-0.1, -0.05) is 48.5 Å². The van der Waals surface area contributed by atoms with Gasteiger partial charge in [0, 0.05) is 0 Å². The molecule has 4 heteroatoms. The number of ether oxygens (including phenoxy) is 1. The molecule has 118 valence electrons. The molecule has 1 N–H and O–H groups in total. The highest BCUT2D eigenvalue weighted by molar-refractivity contribution is 5.97. The molecule has 2 rings (SSSR count). The van der Waals surface area contributed by atoms with E-state index in [1.807, 2.05) is 73.7 Å². The number of nitrogens with one attached hydrogen (secondary N) is 1. The third kappa shape index (κ3) is 5.79. The molecule has 1 amide bonds. The van der Waals surface area contributed by atoms with Crippen molar-refractivity contribution >= 4 is 17.7 Å². The molecule has 23 heavy (non-hydrogen) atoms. The third-order valence-electron chi connectivity index (χ3n) is 3.20. The number of benzene rings is 2. The van der Waals surface area contributed by atoms with E-state index < -0.39 is 0 Å². The minimum absolute atomic E-state index is 0.150. The fourth-order valence-electron chi connectivity index (χ4n) is 1.94. The van der Waals surface area contributed by atoms with Gasteiger partial charge in [0.05, 0.1) is 19.2 Å². The van der Waals surface area contributed by atoms with Crippen LogP contribution >= 0.6 is 0 Å². The summed E-state index contributed by atoms with van der Waals surface area (Å²) in [6.45, 7) is 1.84. The lowest BCUT2D eigenvalue weighted by Gasteiger charge is -2.03. The fraction of sp³-hybridized carbons (Fsp3) is 0.158. The highest BCUT2D eigenvalue weighted by Crippen LogP contribution is 2.11. The topological polar surface area (TPSA) is 50.7 Å². The second-order valence-corrected chi connectivity index (χ2v) is 5.06. The van der Waals surface area contributed by atoms with Crippen LogP contribution in [-0.2, 0) is 11.2 Å². The second-order valence-electron chi connectivity index (χ2n) is 5.06. The van der Waals surface area contributed by atoms with Crippen molar-refractivity contribution in [3.8, 4) is 5.75 Å². The van der Waals surface area contributed by atoms with Crippen molar-refractivity contribution in [2.45, 2.75) is 13.3 Å². The van der Waals surface area contributed by atoms with Gasteiger partial charge < -0.3 is 4.74 Å². The Kier molecular flexibility index (Phi) is 6.12. The molecular formula is C19H20N2O2. The van der Waals surface area contributed by atoms with E-state index in [9.17, 15) is 4.79 Å². The number of amides is 1. The number of carbonyl (C=O) groups is 1. The largest absolute Gasteiger partial charge is 0.497 e. The molecule has 0 saturated heterocycles. The van der Waals surface area contributed by atoms with Crippen LogP contribution in [0.2, 0.25) is 0 Å². The Morgan fingerprint density at radius 1 is 1.13 bits per heavy atom. The summed E-state index contributed by atoms with van der Waals surface area (Å²) in [4.78, 5) is 11.9. The monoisotopic (exact) mass is 308 g/mol. The zero-order chi connectivity index (χ0) is 16.5. The maximum Gasteiger partial charge on any atom is 0.244 e. The number of rotatable bonds is 6. The standard InChI is InChI=1S/C19H20N2O2/c1-15(8-9-16-6-4-3-5-7-16)20-21-19(22)14-17-10-12-18(23-2)13-11-17/h3-13H,14H2,1-2H3,(H,21,22)/b9-8-,20-15+. The van der Waals surface area contributed by atoms with Crippen molar-refractivity contribution in [1.29, 1.82) is 0 Å². The van der Waals surface area contributed by atoms with E-state index in [0.29, 0.717) is 0 Å². The molecule has 0 radical (unpaired) electrons. The predicted molar refractivity (Wildman–Crippen MR) is 93.4 cm³/mol. The highest BCUT2D eigenvalue weighted by Gasteiger charge is 2.02. The van der Waals surface area contributed by atoms with Crippen LogP contribution in [0.15, 0.2) is 65.8 Å². The number of hydrogen-bond donors (Lipinski definition) is 1. The Morgan fingerprint density at radius 3 is 2.48 bits per heavy atom. The van der Waals surface area contributed by atoms with Gasteiger partial charge in [-0.05, 0) is 36.3 Å². The average Bonchev–Trinajstić information content (AvgIpc) is 2.60. The van der Waals surface area contributed by atoms with Gasteiger partial charge in [0.2, 0.25) is 5.91 Å². The Morgan fingerprint density at radius 2 is 1.83 bits per heavy atom. The molecule has 0 atom stereocenters. The number of hydrazone groups is 1. The summed E-state index contributed by atoms with van der Waals surface area (Å²) in [6.07, 6.45) is 4.10. The van der Waals surface area contributed by atoms with Crippen LogP contribution in [0.5, 0.6) is 5.75 Å². The predicted octanol–water partition coefficient (Wildman–Crippen LogP) is 3.44. The first-order chi connectivity index (χ1) is 11.2. The molecule has 0 aliphatic carbocycles. The van der Waals surface area contributed by atoms with E-state index in [1.165, 1.54) is 0 Å². The van der Waals surface area contributed by atoms with Crippen molar-refractivity contribution < 1.29 is 9.53 Å². The minimum Gasteiger partial charge on any atom is -0.497 e. The summed E-state index contributed by atoms with van der Waals surface area (Å²) in [7, 11) is 1.61. The summed E-state index contributed by atoms with van der Waals surface area (Å²) < 4.78 is 5.09. The van der Waals surface area contributed by atoms with Crippen molar-refractivity contribution in [1.82, 2.24) is 5.43 Å². The van der Waals surface area contributed by atoms with Gasteiger partial charge in [0.25, 0.3) is 0 Å². The lowest BCUT2D eigenvalue weighted by atomic mass is 10.1. The van der Waals surface area contributed by atoms with E-state index in [-0.39, 0.29) is 12.3 Å². The van der Waals surface area contributed by atoms with Gasteiger partial charge in [0.1, 0.15) is 5.75 Å². The maximum absolute atomic E-state index is 11.9. The van der Waals surface area contributed by atoms with Crippen LogP contribution in [0, 0.1) is 0 Å². The average molecular weight is 308 g/mol. The molecule has 0 unspecified atom stereocenters. The number of carbonyl (C=O) groups excluding carboxylic acids is 1. The van der Waals surface area contributed by atoms with E-state index >= 15 is 0 Å². The SMILES string of the molecule is COc1ccc(CC(=O)N/N=C(C)/C=C\c2ccccc2)cc1. The van der Waals surface area contributed by atoms with E-state index in [4.69, 9.17) is 4.74 Å². The number of allylic oxidation sites excluding steroid dienone is 1. The molecule has 0 aliphatic rings. The summed E-state index contributed by atoms with van der Waals surface area (Å²) in [6, 6.07) is 17.3. The zero-order valence-electron chi connectivity index (χ0n) is 13.3. The quantitative estimate of drug-likeness (QED) is 0.656. The van der Waals surface area contributed by atoms with Gasteiger partial charge in [-0.2, -0.15) is 5.10 Å². The van der Waals surface area contributed by atoms with Gasteiger partial charge in [0.15, 0.2) is 0 Å². The third-order valence-corrected chi connectivity index (χ3v) is 3.20. The van der Waals surface area contributed by atoms with Crippen LogP contribution in [0.1, 0.15) is 18.1 Å². The van der Waals surface area contributed by atoms with Crippen LogP contribution < -0.4 is 10.2 Å². The summed E-state index contributed by atoms with van der Waals surface area (Å²) >= 11 is 0. The molecular weight excluding hydrogens is 288 g/mol. The highest BCUT2D eigenvalue weighted by atomic mass is 16.5. The molecule has 0 saturated carbocycles. The van der Waals surface area contributed by atoms with Gasteiger partial charge in [-0.15, -0.1) is 0 Å². The zero-order valence-corrected chi connectivity index (χ0v) is 13.3. The maximum atomic E-state index is 11.9. The molecule has 2 aromatic carbocycles. The first-order valence-corrected chi connectivity index (χ1v) is 7.36. The van der Waals surface area contributed by atoms with Crippen LogP contribution in [0.4, 0.5) is 0 Å². The summed E-state index contributed by atoms with van der Waals surface area (Å²) in [5.41, 5.74) is 5.30. The van der Waals surface area contributed by atoms with Crippen LogP contribution in [0.25, 0.3) is 6.08 Å². The lowest BCUT2D eigenvalue weighted by Crippen LogP contribution is -2.20. The number of hydrogen-bond acceptors (Lipinski definition) is 3. The Labute approximate surface area is 136 Å². The summed E-state index contributed by atoms with van der Waals surface area (Å²) in [5, 5.41) is 4.07. The molecule has 0 fully saturated rings. The van der Waals surface area contributed by atoms with Crippen molar-refractivity contribution in [2.75, 3.05) is 7.11 Å². The Balaban J connectivity index is 1.85. The normalized spacial score (nSPS) is 11.5.